The second-order valence-corrected chi connectivity index (χ2v) is 5.43. The molecule has 3 rings (SSSR count). The Hall–Kier alpha value is -1.35. The summed E-state index contributed by atoms with van der Waals surface area (Å²) in [4.78, 5) is 14.7. The van der Waals surface area contributed by atoms with Crippen molar-refractivity contribution in [2.24, 2.45) is 5.92 Å². The van der Waals surface area contributed by atoms with Gasteiger partial charge in [-0.15, -0.1) is 0 Å². The maximum atomic E-state index is 12.7. The molecule has 18 heavy (non-hydrogen) atoms. The fraction of sp³-hybridized carbons (Fsp3) is 0.533. The lowest BCUT2D eigenvalue weighted by Gasteiger charge is -2.30. The molecule has 96 valence electrons. The van der Waals surface area contributed by atoms with E-state index in [1.165, 1.54) is 5.56 Å². The average Bonchev–Trinajstić information content (AvgIpc) is 2.75. The van der Waals surface area contributed by atoms with E-state index in [4.69, 9.17) is 0 Å². The summed E-state index contributed by atoms with van der Waals surface area (Å²) in [6, 6.07) is 8.60. The molecule has 1 aromatic rings. The molecule has 2 aliphatic heterocycles. The van der Waals surface area contributed by atoms with Crippen molar-refractivity contribution in [1.82, 2.24) is 5.32 Å². The van der Waals surface area contributed by atoms with E-state index in [0.717, 1.165) is 38.0 Å². The monoisotopic (exact) mass is 244 g/mol. The van der Waals surface area contributed by atoms with E-state index in [1.54, 1.807) is 0 Å². The third kappa shape index (κ3) is 1.93. The van der Waals surface area contributed by atoms with E-state index in [1.807, 2.05) is 11.0 Å². The summed E-state index contributed by atoms with van der Waals surface area (Å²) in [7, 11) is 0. The number of hydrogen-bond acceptors (Lipinski definition) is 2. The van der Waals surface area contributed by atoms with Crippen molar-refractivity contribution in [1.29, 1.82) is 0 Å². The topological polar surface area (TPSA) is 32.3 Å². The number of piperidine rings is 1. The van der Waals surface area contributed by atoms with Crippen LogP contribution in [0.1, 0.15) is 25.3 Å². The van der Waals surface area contributed by atoms with Crippen LogP contribution < -0.4 is 10.2 Å². The third-order valence-electron chi connectivity index (χ3n) is 4.09. The first kappa shape index (κ1) is 11.7. The molecule has 3 nitrogen and oxygen atoms in total. The number of anilines is 1. The quantitative estimate of drug-likeness (QED) is 0.819. The Balaban J connectivity index is 1.85. The van der Waals surface area contributed by atoms with Crippen LogP contribution in [0.2, 0.25) is 0 Å². The fourth-order valence-electron chi connectivity index (χ4n) is 3.16. The van der Waals surface area contributed by atoms with Gasteiger partial charge in [0.25, 0.3) is 0 Å². The molecule has 0 bridgehead atoms. The first-order chi connectivity index (χ1) is 8.77. The highest BCUT2D eigenvalue weighted by molar-refractivity contribution is 5.97. The number of nitrogens with one attached hydrogen (secondary N) is 1. The molecule has 1 aromatic carbocycles. The van der Waals surface area contributed by atoms with Gasteiger partial charge in [-0.1, -0.05) is 18.2 Å². The minimum Gasteiger partial charge on any atom is -0.316 e. The van der Waals surface area contributed by atoms with Crippen LogP contribution in [0, 0.1) is 5.92 Å². The fourth-order valence-corrected chi connectivity index (χ4v) is 3.16. The van der Waals surface area contributed by atoms with Crippen LogP contribution >= 0.6 is 0 Å². The van der Waals surface area contributed by atoms with Crippen molar-refractivity contribution >= 4 is 11.6 Å². The van der Waals surface area contributed by atoms with Gasteiger partial charge < -0.3 is 10.2 Å². The van der Waals surface area contributed by atoms with E-state index >= 15 is 0 Å². The molecule has 1 unspecified atom stereocenters. The van der Waals surface area contributed by atoms with E-state index in [9.17, 15) is 4.79 Å². The third-order valence-corrected chi connectivity index (χ3v) is 4.09. The van der Waals surface area contributed by atoms with Crippen LogP contribution in [0.5, 0.6) is 0 Å². The summed E-state index contributed by atoms with van der Waals surface area (Å²) in [5, 5.41) is 3.33. The van der Waals surface area contributed by atoms with Crippen LogP contribution in [-0.2, 0) is 11.2 Å². The summed E-state index contributed by atoms with van der Waals surface area (Å²) < 4.78 is 0. The molecule has 2 atom stereocenters. The zero-order valence-electron chi connectivity index (χ0n) is 10.9. The van der Waals surface area contributed by atoms with Gasteiger partial charge in [0.05, 0.1) is 5.92 Å². The summed E-state index contributed by atoms with van der Waals surface area (Å²) in [5.41, 5.74) is 2.43. The first-order valence-corrected chi connectivity index (χ1v) is 6.89. The Labute approximate surface area is 108 Å². The van der Waals surface area contributed by atoms with Crippen LogP contribution in [-0.4, -0.2) is 25.0 Å². The zero-order valence-corrected chi connectivity index (χ0v) is 10.9. The maximum absolute atomic E-state index is 12.7. The number of hydrogen-bond donors (Lipinski definition) is 1. The highest BCUT2D eigenvalue weighted by atomic mass is 16.2. The van der Waals surface area contributed by atoms with Crippen molar-refractivity contribution in [3.63, 3.8) is 0 Å². The highest BCUT2D eigenvalue weighted by Gasteiger charge is 2.34. The van der Waals surface area contributed by atoms with Crippen LogP contribution in [0.4, 0.5) is 5.69 Å². The summed E-state index contributed by atoms with van der Waals surface area (Å²) >= 11 is 0. The maximum Gasteiger partial charge on any atom is 0.231 e. The molecule has 2 heterocycles. The molecule has 2 aliphatic rings. The van der Waals surface area contributed by atoms with Gasteiger partial charge in [0, 0.05) is 18.3 Å². The number of para-hydroxylation sites is 1. The lowest BCUT2D eigenvalue weighted by atomic mass is 9.97. The normalized spacial score (nSPS) is 27.1. The Morgan fingerprint density at radius 1 is 1.39 bits per heavy atom. The standard InChI is InChI=1S/C15H20N2O/c1-11-9-12-5-2-3-7-14(12)17(11)15(18)13-6-4-8-16-10-13/h2-3,5,7,11,13,16H,4,6,8-10H2,1H3/t11?,13-/m0/s1. The number of benzene rings is 1. The average molecular weight is 244 g/mol. The molecule has 0 aromatic heterocycles. The number of fused-ring (bicyclic) bond motifs is 1. The van der Waals surface area contributed by atoms with Gasteiger partial charge in [0.15, 0.2) is 0 Å². The number of carbonyl (C=O) groups is 1. The molecular formula is C15H20N2O. The molecule has 0 spiro atoms. The molecule has 1 fully saturated rings. The number of amides is 1. The Morgan fingerprint density at radius 3 is 3.00 bits per heavy atom. The molecule has 0 saturated carbocycles. The lowest BCUT2D eigenvalue weighted by molar-refractivity contribution is -0.123. The van der Waals surface area contributed by atoms with Crippen LogP contribution in [0.15, 0.2) is 24.3 Å². The second-order valence-electron chi connectivity index (χ2n) is 5.43. The lowest BCUT2D eigenvalue weighted by Crippen LogP contribution is -2.45. The van der Waals surface area contributed by atoms with Crippen molar-refractivity contribution in [3.05, 3.63) is 29.8 Å². The smallest absolute Gasteiger partial charge is 0.231 e. The Kier molecular flexibility index (Phi) is 3.08. The minimum absolute atomic E-state index is 0.160. The van der Waals surface area contributed by atoms with Crippen LogP contribution in [0.3, 0.4) is 0 Å². The molecule has 1 amide bonds. The van der Waals surface area contributed by atoms with Crippen LogP contribution in [0.25, 0.3) is 0 Å². The predicted octanol–water partition coefficient (Wildman–Crippen LogP) is 1.96. The van der Waals surface area contributed by atoms with E-state index < -0.39 is 0 Å². The van der Waals surface area contributed by atoms with Gasteiger partial charge in [0.2, 0.25) is 5.91 Å². The highest BCUT2D eigenvalue weighted by Crippen LogP contribution is 2.33. The van der Waals surface area contributed by atoms with E-state index in [2.05, 4.69) is 30.4 Å². The van der Waals surface area contributed by atoms with Gasteiger partial charge in [0.1, 0.15) is 0 Å². The summed E-state index contributed by atoms with van der Waals surface area (Å²) in [5.74, 6) is 0.465. The Bertz CT molecular complexity index is 452. The zero-order chi connectivity index (χ0) is 12.5. The second kappa shape index (κ2) is 4.73. The van der Waals surface area contributed by atoms with Gasteiger partial charge >= 0.3 is 0 Å². The van der Waals surface area contributed by atoms with Crippen molar-refractivity contribution in [3.8, 4) is 0 Å². The van der Waals surface area contributed by atoms with Gasteiger partial charge in [-0.05, 0) is 44.4 Å². The van der Waals surface area contributed by atoms with Crippen molar-refractivity contribution < 1.29 is 4.79 Å². The van der Waals surface area contributed by atoms with Gasteiger partial charge in [-0.3, -0.25) is 4.79 Å². The minimum atomic E-state index is 0.160. The Morgan fingerprint density at radius 2 is 2.22 bits per heavy atom. The number of nitrogens with zero attached hydrogens (tertiary/aromatic N) is 1. The predicted molar refractivity (Wildman–Crippen MR) is 72.7 cm³/mol. The number of carbonyl (C=O) groups excluding carboxylic acids is 1. The number of rotatable bonds is 1. The molecular weight excluding hydrogens is 224 g/mol. The SMILES string of the molecule is CC1Cc2ccccc2N1C(=O)[C@H]1CCCNC1. The summed E-state index contributed by atoms with van der Waals surface area (Å²) in [6.07, 6.45) is 3.12. The molecule has 3 heteroatoms. The largest absolute Gasteiger partial charge is 0.316 e. The molecule has 1 N–H and O–H groups in total. The van der Waals surface area contributed by atoms with E-state index in [-0.39, 0.29) is 5.92 Å². The molecule has 0 aliphatic carbocycles. The summed E-state index contributed by atoms with van der Waals surface area (Å²) in [6.45, 7) is 4.04. The molecule has 1 saturated heterocycles. The van der Waals surface area contributed by atoms with Crippen molar-refractivity contribution in [2.45, 2.75) is 32.2 Å². The van der Waals surface area contributed by atoms with E-state index in [0.29, 0.717) is 11.9 Å². The van der Waals surface area contributed by atoms with Gasteiger partial charge in [-0.25, -0.2) is 0 Å². The molecule has 0 radical (unpaired) electrons. The van der Waals surface area contributed by atoms with Crippen molar-refractivity contribution in [2.75, 3.05) is 18.0 Å². The first-order valence-electron chi connectivity index (χ1n) is 6.89. The van der Waals surface area contributed by atoms with Gasteiger partial charge in [-0.2, -0.15) is 0 Å².